The number of thioether (sulfide) groups is 1. The van der Waals surface area contributed by atoms with Gasteiger partial charge in [0.25, 0.3) is 5.01 Å². The lowest BCUT2D eigenvalue weighted by atomic mass is 9.99. The molecule has 0 aliphatic carbocycles. The fourth-order valence-electron chi connectivity index (χ4n) is 5.20. The van der Waals surface area contributed by atoms with Gasteiger partial charge in [-0.15, -0.1) is 0 Å². The average Bonchev–Trinajstić information content (AvgIpc) is 3.52. The van der Waals surface area contributed by atoms with Crippen molar-refractivity contribution in [1.29, 1.82) is 10.5 Å². The number of hydrogen-bond acceptors (Lipinski definition) is 7. The molecule has 8 nitrogen and oxygen atoms in total. The van der Waals surface area contributed by atoms with Gasteiger partial charge in [0.15, 0.2) is 6.54 Å². The van der Waals surface area contributed by atoms with Crippen molar-refractivity contribution in [3.8, 4) is 12.1 Å². The van der Waals surface area contributed by atoms with E-state index in [1.807, 2.05) is 77.9 Å². The van der Waals surface area contributed by atoms with E-state index in [2.05, 4.69) is 12.1 Å². The highest BCUT2D eigenvalue weighted by Crippen LogP contribution is 2.49. The lowest BCUT2D eigenvalue weighted by Gasteiger charge is -2.22. The molecule has 0 spiro atoms. The van der Waals surface area contributed by atoms with Crippen molar-refractivity contribution >= 4 is 67.3 Å². The van der Waals surface area contributed by atoms with Crippen molar-refractivity contribution in [3.05, 3.63) is 81.3 Å². The van der Waals surface area contributed by atoms with Crippen LogP contribution < -0.4 is 9.47 Å². The Morgan fingerprint density at radius 3 is 2.45 bits per heavy atom. The van der Waals surface area contributed by atoms with Crippen molar-refractivity contribution in [3.63, 3.8) is 0 Å². The first-order valence-corrected chi connectivity index (χ1v) is 15.0. The number of benzene rings is 3. The van der Waals surface area contributed by atoms with E-state index in [0.29, 0.717) is 33.2 Å². The Morgan fingerprint density at radius 2 is 1.76 bits per heavy atom. The molecule has 0 saturated heterocycles. The van der Waals surface area contributed by atoms with E-state index >= 15 is 0 Å². The van der Waals surface area contributed by atoms with Crippen LogP contribution in [0.2, 0.25) is 0 Å². The zero-order valence-corrected chi connectivity index (χ0v) is 24.7. The second-order valence-electron chi connectivity index (χ2n) is 9.82. The molecule has 1 aromatic heterocycles. The zero-order chi connectivity index (χ0) is 30.0. The molecule has 10 heteroatoms. The first-order chi connectivity index (χ1) is 20.3. The Kier molecular flexibility index (Phi) is 8.30. The van der Waals surface area contributed by atoms with E-state index < -0.39 is 11.9 Å². The molecule has 0 bridgehead atoms. The fraction of sp³-hybridized carbons (Fsp3) is 0.219. The topological polar surface area (TPSA) is 129 Å². The van der Waals surface area contributed by atoms with Gasteiger partial charge in [-0.2, -0.15) is 15.1 Å². The molecule has 1 aliphatic rings. The zero-order valence-electron chi connectivity index (χ0n) is 23.0. The lowest BCUT2D eigenvalue weighted by Crippen LogP contribution is -2.37. The maximum atomic E-state index is 11.6. The number of carboxylic acid groups (broad SMARTS) is 2. The minimum absolute atomic E-state index is 0.120. The predicted molar refractivity (Wildman–Crippen MR) is 164 cm³/mol. The quantitative estimate of drug-likeness (QED) is 0.163. The third-order valence-corrected chi connectivity index (χ3v) is 9.59. The van der Waals surface area contributed by atoms with Crippen molar-refractivity contribution in [2.75, 3.05) is 11.4 Å². The smallest absolute Gasteiger partial charge is 0.309 e. The van der Waals surface area contributed by atoms with Crippen LogP contribution in [0.1, 0.15) is 36.8 Å². The molecule has 2 N–H and O–H groups in total. The van der Waals surface area contributed by atoms with Crippen LogP contribution in [-0.4, -0.2) is 28.7 Å². The highest BCUT2D eigenvalue weighted by molar-refractivity contribution is 8.03. The van der Waals surface area contributed by atoms with E-state index in [4.69, 9.17) is 0 Å². The second-order valence-corrected chi connectivity index (χ2v) is 11.8. The number of carbonyl (C=O) groups is 2. The molecule has 3 aromatic carbocycles. The van der Waals surface area contributed by atoms with Gasteiger partial charge in [-0.25, -0.2) is 0 Å². The maximum Gasteiger partial charge on any atom is 0.309 e. The van der Waals surface area contributed by atoms with Crippen LogP contribution in [-0.2, 0) is 16.1 Å². The normalized spacial score (nSPS) is 14.3. The van der Waals surface area contributed by atoms with Crippen LogP contribution in [0.5, 0.6) is 0 Å². The molecular weight excluding hydrogens is 569 g/mol. The van der Waals surface area contributed by atoms with Gasteiger partial charge in [0.05, 0.1) is 22.7 Å². The number of hydrogen-bond donors (Lipinski definition) is 2. The standard InChI is InChI=1S/C32H26N4O4S2/c1-3-21(23(17-33)31-36(15-13-29(39)40)26-16-19(2)8-11-27(26)41-31)24(18-34)32-35(14-12-28(37)38)25-10-9-20-6-4-5-7-22(20)30(25)42-32/h4-11,16H,3,12-15H2,1-2H3,(H-,37,38,39,40)/p+1. The van der Waals surface area contributed by atoms with Crippen molar-refractivity contribution in [2.45, 2.75) is 44.6 Å². The summed E-state index contributed by atoms with van der Waals surface area (Å²) in [6.07, 6.45) is 0.118. The summed E-state index contributed by atoms with van der Waals surface area (Å²) in [6.45, 7) is 4.17. The summed E-state index contributed by atoms with van der Waals surface area (Å²) < 4.78 is 2.81. The molecule has 2 heterocycles. The molecule has 0 unspecified atom stereocenters. The number of aromatic nitrogens is 1. The van der Waals surface area contributed by atoms with Crippen LogP contribution in [0.4, 0.5) is 5.69 Å². The van der Waals surface area contributed by atoms with E-state index in [-0.39, 0.29) is 25.9 Å². The van der Waals surface area contributed by atoms with Crippen molar-refractivity contribution in [2.24, 2.45) is 0 Å². The van der Waals surface area contributed by atoms with E-state index in [1.165, 1.54) is 23.1 Å². The number of allylic oxidation sites excluding steroid dienone is 3. The number of aliphatic carboxylic acids is 2. The minimum atomic E-state index is -0.948. The Labute approximate surface area is 251 Å². The summed E-state index contributed by atoms with van der Waals surface area (Å²) in [4.78, 5) is 25.9. The number of anilines is 1. The van der Waals surface area contributed by atoms with Gasteiger partial charge >= 0.3 is 11.9 Å². The largest absolute Gasteiger partial charge is 0.481 e. The number of thiazole rings is 1. The van der Waals surface area contributed by atoms with Crippen LogP contribution in [0.25, 0.3) is 26.6 Å². The van der Waals surface area contributed by atoms with Gasteiger partial charge in [-0.3, -0.25) is 9.59 Å². The summed E-state index contributed by atoms with van der Waals surface area (Å²) >= 11 is 2.81. The van der Waals surface area contributed by atoms with Gasteiger partial charge < -0.3 is 15.1 Å². The molecular formula is C32H27N4O4S2+. The molecule has 42 heavy (non-hydrogen) atoms. The van der Waals surface area contributed by atoms with Crippen molar-refractivity contribution < 1.29 is 24.4 Å². The monoisotopic (exact) mass is 595 g/mol. The summed E-state index contributed by atoms with van der Waals surface area (Å²) in [6, 6.07) is 22.5. The first-order valence-electron chi connectivity index (χ1n) is 13.4. The SMILES string of the molecule is CCC(/C(C#N)=C1/Sc2ccc(C)cc2N1CCC(=O)O)=C(/C#N)c1sc2c3ccccc3ccc2[n+]1CCC(=O)O. The number of carboxylic acids is 2. The summed E-state index contributed by atoms with van der Waals surface area (Å²) in [5.41, 5.74) is 3.82. The summed E-state index contributed by atoms with van der Waals surface area (Å²) in [5.74, 6) is -1.89. The van der Waals surface area contributed by atoms with E-state index in [0.717, 1.165) is 37.1 Å². The Hall–Kier alpha value is -4.64. The molecule has 4 aromatic rings. The Balaban J connectivity index is 1.77. The highest BCUT2D eigenvalue weighted by atomic mass is 32.2. The third-order valence-electron chi connectivity index (χ3n) is 7.16. The Bertz CT molecular complexity index is 1910. The molecule has 210 valence electrons. The molecule has 0 amide bonds. The fourth-order valence-corrected chi connectivity index (χ4v) is 7.74. The molecule has 0 radical (unpaired) electrons. The number of nitrogens with zero attached hydrogens (tertiary/aromatic N) is 4. The van der Waals surface area contributed by atoms with Gasteiger partial charge in [-0.1, -0.05) is 60.4 Å². The Morgan fingerprint density at radius 1 is 1.00 bits per heavy atom. The molecule has 1 aliphatic heterocycles. The minimum Gasteiger partial charge on any atom is -0.481 e. The van der Waals surface area contributed by atoms with Gasteiger partial charge in [0, 0.05) is 22.9 Å². The van der Waals surface area contributed by atoms with Crippen molar-refractivity contribution in [1.82, 2.24) is 0 Å². The first kappa shape index (κ1) is 28.9. The van der Waals surface area contributed by atoms with Crippen LogP contribution in [0.15, 0.2) is 75.7 Å². The summed E-state index contributed by atoms with van der Waals surface area (Å²) in [7, 11) is 0. The number of nitriles is 2. The van der Waals surface area contributed by atoms with Crippen LogP contribution in [0.3, 0.4) is 0 Å². The van der Waals surface area contributed by atoms with Crippen LogP contribution >= 0.6 is 23.1 Å². The van der Waals surface area contributed by atoms with Gasteiger partial charge in [0.2, 0.25) is 5.52 Å². The molecule has 0 saturated carbocycles. The second kappa shape index (κ2) is 12.1. The number of fused-ring (bicyclic) bond motifs is 4. The average molecular weight is 596 g/mol. The molecule has 0 fully saturated rings. The third kappa shape index (κ3) is 5.35. The van der Waals surface area contributed by atoms with E-state index in [9.17, 15) is 30.3 Å². The molecule has 0 atom stereocenters. The highest BCUT2D eigenvalue weighted by Gasteiger charge is 2.33. The summed E-state index contributed by atoms with van der Waals surface area (Å²) in [5, 5.41) is 43.3. The molecule has 5 rings (SSSR count). The lowest BCUT2D eigenvalue weighted by molar-refractivity contribution is -0.668. The van der Waals surface area contributed by atoms with Gasteiger partial charge in [-0.05, 0) is 48.1 Å². The van der Waals surface area contributed by atoms with Crippen LogP contribution in [0, 0.1) is 29.6 Å². The maximum absolute atomic E-state index is 11.6. The van der Waals surface area contributed by atoms with Gasteiger partial charge in [0.1, 0.15) is 28.8 Å². The number of aryl methyl sites for hydroxylation is 2. The van der Waals surface area contributed by atoms with E-state index in [1.54, 1.807) is 0 Å². The number of rotatable bonds is 9. The predicted octanol–water partition coefficient (Wildman–Crippen LogP) is 6.63.